The molecule has 1 saturated carbocycles. The Morgan fingerprint density at radius 1 is 1.37 bits per heavy atom. The van der Waals surface area contributed by atoms with Crippen molar-refractivity contribution in [2.45, 2.75) is 42.4 Å². The number of hydrogen-bond donors (Lipinski definition) is 2. The Morgan fingerprint density at radius 2 is 2.11 bits per heavy atom. The summed E-state index contributed by atoms with van der Waals surface area (Å²) < 4.78 is 28.5. The van der Waals surface area contributed by atoms with Crippen molar-refractivity contribution in [2.24, 2.45) is 4.40 Å². The van der Waals surface area contributed by atoms with Crippen LogP contribution in [0.2, 0.25) is 4.34 Å². The van der Waals surface area contributed by atoms with E-state index in [0.717, 1.165) is 24.2 Å². The van der Waals surface area contributed by atoms with Crippen LogP contribution in [-0.2, 0) is 10.0 Å². The van der Waals surface area contributed by atoms with Gasteiger partial charge in [0.15, 0.2) is 4.21 Å². The molecule has 0 amide bonds. The predicted molar refractivity (Wildman–Crippen MR) is 77.6 cm³/mol. The minimum Gasteiger partial charge on any atom is -0.352 e. The lowest BCUT2D eigenvalue weighted by molar-refractivity contribution is 0.413. The second-order valence-corrected chi connectivity index (χ2v) is 8.25. The molecular weight excluding hydrogens is 306 g/mol. The van der Waals surface area contributed by atoms with Crippen LogP contribution >= 0.6 is 22.9 Å². The monoisotopic (exact) mass is 319 g/mol. The molecule has 1 aliphatic heterocycles. The minimum atomic E-state index is -3.62. The van der Waals surface area contributed by atoms with Crippen molar-refractivity contribution >= 4 is 44.6 Å². The van der Waals surface area contributed by atoms with E-state index in [4.69, 9.17) is 11.6 Å². The average Bonchev–Trinajstić information content (AvgIpc) is 2.71. The summed E-state index contributed by atoms with van der Waals surface area (Å²) >= 11 is 6.89. The maximum absolute atomic E-state index is 12.0. The van der Waals surface area contributed by atoms with Crippen LogP contribution in [0.5, 0.6) is 0 Å². The molecule has 1 aliphatic carbocycles. The fourth-order valence-corrected chi connectivity index (χ4v) is 5.10. The molecule has 2 aliphatic rings. The van der Waals surface area contributed by atoms with Crippen molar-refractivity contribution in [1.29, 1.82) is 0 Å². The molecule has 0 unspecified atom stereocenters. The van der Waals surface area contributed by atoms with Crippen LogP contribution in [0.25, 0.3) is 0 Å². The summed E-state index contributed by atoms with van der Waals surface area (Å²) in [6.07, 6.45) is 5.71. The zero-order chi connectivity index (χ0) is 13.5. The van der Waals surface area contributed by atoms with Crippen LogP contribution < -0.4 is 10.6 Å². The van der Waals surface area contributed by atoms with Gasteiger partial charge in [0.05, 0.1) is 10.0 Å². The number of guanidine groups is 1. The first-order chi connectivity index (χ1) is 9.04. The molecule has 1 aromatic rings. The summed E-state index contributed by atoms with van der Waals surface area (Å²) in [6, 6.07) is 1.92. The highest BCUT2D eigenvalue weighted by atomic mass is 35.5. The number of halogens is 1. The average molecular weight is 320 g/mol. The van der Waals surface area contributed by atoms with Gasteiger partial charge >= 0.3 is 0 Å². The fraction of sp³-hybridized carbons (Fsp3) is 0.545. The molecule has 8 heteroatoms. The second-order valence-electron chi connectivity index (χ2n) is 4.77. The molecule has 0 aromatic carbocycles. The first-order valence-electron chi connectivity index (χ1n) is 6.22. The Bertz CT molecular complexity index is 618. The number of nitrogens with zero attached hydrogens (tertiary/aromatic N) is 1. The molecule has 2 N–H and O–H groups in total. The van der Waals surface area contributed by atoms with Gasteiger partial charge in [-0.1, -0.05) is 30.9 Å². The highest BCUT2D eigenvalue weighted by Crippen LogP contribution is 2.37. The Labute approximate surface area is 121 Å². The number of thiophene rings is 1. The van der Waals surface area contributed by atoms with Gasteiger partial charge in [-0.3, -0.25) is 0 Å². The van der Waals surface area contributed by atoms with Gasteiger partial charge in [0.1, 0.15) is 0 Å². The summed E-state index contributed by atoms with van der Waals surface area (Å²) in [6.45, 7) is 0. The number of fused-ring (bicyclic) bond motifs is 1. The lowest BCUT2D eigenvalue weighted by Gasteiger charge is -2.25. The van der Waals surface area contributed by atoms with Crippen molar-refractivity contribution in [1.82, 2.24) is 5.32 Å². The number of hydrogen-bond acceptors (Lipinski definition) is 5. The zero-order valence-electron chi connectivity index (χ0n) is 10.1. The van der Waals surface area contributed by atoms with Crippen LogP contribution in [-0.4, -0.2) is 20.4 Å². The van der Waals surface area contributed by atoms with Crippen molar-refractivity contribution in [3.8, 4) is 0 Å². The molecule has 5 nitrogen and oxygen atoms in total. The molecule has 19 heavy (non-hydrogen) atoms. The van der Waals surface area contributed by atoms with E-state index < -0.39 is 10.0 Å². The van der Waals surface area contributed by atoms with Crippen LogP contribution in [0.4, 0.5) is 5.69 Å². The van der Waals surface area contributed by atoms with Crippen LogP contribution in [0.1, 0.15) is 32.1 Å². The summed E-state index contributed by atoms with van der Waals surface area (Å²) in [5.74, 6) is 0.314. The largest absolute Gasteiger partial charge is 0.352 e. The van der Waals surface area contributed by atoms with E-state index in [2.05, 4.69) is 15.0 Å². The van der Waals surface area contributed by atoms with Crippen molar-refractivity contribution < 1.29 is 8.42 Å². The number of rotatable bonds is 1. The third kappa shape index (κ3) is 2.73. The van der Waals surface area contributed by atoms with Crippen LogP contribution in [0.3, 0.4) is 0 Å². The molecule has 104 valence electrons. The highest BCUT2D eigenvalue weighted by molar-refractivity contribution is 7.92. The number of sulfonamides is 1. The number of nitrogens with one attached hydrogen (secondary N) is 2. The second kappa shape index (κ2) is 4.96. The molecule has 0 spiro atoms. The molecule has 0 radical (unpaired) electrons. The Kier molecular flexibility index (Phi) is 3.44. The first kappa shape index (κ1) is 13.2. The van der Waals surface area contributed by atoms with Gasteiger partial charge in [0.25, 0.3) is 10.0 Å². The van der Waals surface area contributed by atoms with Gasteiger partial charge in [-0.05, 0) is 18.9 Å². The molecule has 1 fully saturated rings. The van der Waals surface area contributed by atoms with E-state index in [9.17, 15) is 8.42 Å². The summed E-state index contributed by atoms with van der Waals surface area (Å²) in [5.41, 5.74) is 0.517. The Hall–Kier alpha value is -0.790. The van der Waals surface area contributed by atoms with E-state index in [-0.39, 0.29) is 4.21 Å². The summed E-state index contributed by atoms with van der Waals surface area (Å²) in [7, 11) is -3.62. The van der Waals surface area contributed by atoms with E-state index in [1.54, 1.807) is 6.07 Å². The van der Waals surface area contributed by atoms with Gasteiger partial charge < -0.3 is 10.6 Å². The summed E-state index contributed by atoms with van der Waals surface area (Å²) in [4.78, 5) is 0. The maximum atomic E-state index is 12.0. The van der Waals surface area contributed by atoms with Gasteiger partial charge in [0.2, 0.25) is 5.96 Å². The SMILES string of the molecule is O=S1(=O)N=C(NC2CCCCC2)Nc2cc(Cl)sc21. The smallest absolute Gasteiger partial charge is 0.297 e. The molecule has 2 heterocycles. The van der Waals surface area contributed by atoms with Crippen molar-refractivity contribution in [2.75, 3.05) is 5.32 Å². The maximum Gasteiger partial charge on any atom is 0.297 e. The van der Waals surface area contributed by atoms with Crippen molar-refractivity contribution in [3.63, 3.8) is 0 Å². The lowest BCUT2D eigenvalue weighted by Crippen LogP contribution is -2.42. The normalized spacial score (nSPS) is 22.3. The first-order valence-corrected chi connectivity index (χ1v) is 8.86. The van der Waals surface area contributed by atoms with Gasteiger partial charge in [-0.25, -0.2) is 0 Å². The van der Waals surface area contributed by atoms with Gasteiger partial charge in [-0.15, -0.1) is 15.7 Å². The lowest BCUT2D eigenvalue weighted by atomic mass is 9.96. The van der Waals surface area contributed by atoms with E-state index >= 15 is 0 Å². The summed E-state index contributed by atoms with van der Waals surface area (Å²) in [5, 5.41) is 6.19. The standard InChI is InChI=1S/C11H14ClN3O2S2/c12-9-6-8-10(18-9)19(16,17)15-11(14-8)13-7-4-2-1-3-5-7/h6-7H,1-5H2,(H2,13,14,15). The third-order valence-corrected chi connectivity index (χ3v) is 6.36. The van der Waals surface area contributed by atoms with Crippen LogP contribution in [0, 0.1) is 0 Å². The van der Waals surface area contributed by atoms with E-state index in [1.807, 2.05) is 0 Å². The Balaban J connectivity index is 1.82. The zero-order valence-corrected chi connectivity index (χ0v) is 12.5. The minimum absolute atomic E-state index is 0.187. The van der Waals surface area contributed by atoms with E-state index in [1.165, 1.54) is 19.3 Å². The molecule has 0 atom stereocenters. The quantitative estimate of drug-likeness (QED) is 0.835. The third-order valence-electron chi connectivity index (χ3n) is 3.31. The molecule has 1 aromatic heterocycles. The molecule has 3 rings (SSSR count). The highest BCUT2D eigenvalue weighted by Gasteiger charge is 2.28. The van der Waals surface area contributed by atoms with Crippen molar-refractivity contribution in [3.05, 3.63) is 10.4 Å². The van der Waals surface area contributed by atoms with Crippen LogP contribution in [0.15, 0.2) is 14.7 Å². The van der Waals surface area contributed by atoms with Gasteiger partial charge in [0, 0.05) is 6.04 Å². The molecular formula is C11H14ClN3O2S2. The van der Waals surface area contributed by atoms with E-state index in [0.29, 0.717) is 22.0 Å². The van der Waals surface area contributed by atoms with Gasteiger partial charge in [-0.2, -0.15) is 8.42 Å². The molecule has 0 bridgehead atoms. The fourth-order valence-electron chi connectivity index (χ4n) is 2.44. The molecule has 0 saturated heterocycles. The predicted octanol–water partition coefficient (Wildman–Crippen LogP) is 2.79. The topological polar surface area (TPSA) is 70.6 Å². The Morgan fingerprint density at radius 3 is 2.84 bits per heavy atom. The number of anilines is 1.